The van der Waals surface area contributed by atoms with E-state index in [1.54, 1.807) is 0 Å². The summed E-state index contributed by atoms with van der Waals surface area (Å²) in [6, 6.07) is 0.636. The molecule has 0 aromatic carbocycles. The lowest BCUT2D eigenvalue weighted by molar-refractivity contribution is 0.208. The van der Waals surface area contributed by atoms with Gasteiger partial charge in [0, 0.05) is 12.0 Å². The molecule has 0 radical (unpaired) electrons. The van der Waals surface area contributed by atoms with Gasteiger partial charge in [0.1, 0.15) is 0 Å². The second-order valence-corrected chi connectivity index (χ2v) is 6.63. The van der Waals surface area contributed by atoms with Gasteiger partial charge in [-0.1, -0.05) is 24.4 Å². The molecule has 5 nitrogen and oxygen atoms in total. The van der Waals surface area contributed by atoms with Crippen molar-refractivity contribution >= 4 is 0 Å². The summed E-state index contributed by atoms with van der Waals surface area (Å²) < 4.78 is 5.52. The molecule has 1 saturated carbocycles. The zero-order valence-electron chi connectivity index (χ0n) is 13.2. The second-order valence-electron chi connectivity index (χ2n) is 6.63. The van der Waals surface area contributed by atoms with Gasteiger partial charge in [-0.05, 0) is 52.2 Å². The van der Waals surface area contributed by atoms with Gasteiger partial charge >= 0.3 is 0 Å². The number of rotatable bonds is 4. The van der Waals surface area contributed by atoms with Crippen molar-refractivity contribution in [1.29, 1.82) is 0 Å². The monoisotopic (exact) mass is 292 g/mol. The molecule has 1 aromatic rings. The van der Waals surface area contributed by atoms with Crippen LogP contribution in [0.1, 0.15) is 69.0 Å². The molecule has 5 heteroatoms. The fourth-order valence-electron chi connectivity index (χ4n) is 3.64. The average Bonchev–Trinajstić information content (AvgIpc) is 2.81. The van der Waals surface area contributed by atoms with E-state index < -0.39 is 0 Å². The molecule has 1 atom stereocenters. The van der Waals surface area contributed by atoms with Gasteiger partial charge in [-0.2, -0.15) is 4.98 Å². The van der Waals surface area contributed by atoms with Crippen LogP contribution in [-0.2, 0) is 6.54 Å². The molecule has 1 aliphatic heterocycles. The first kappa shape index (κ1) is 15.0. The fraction of sp³-hybridized carbons (Fsp3) is 0.875. The van der Waals surface area contributed by atoms with Crippen LogP contribution in [0.25, 0.3) is 0 Å². The summed E-state index contributed by atoms with van der Waals surface area (Å²) in [5.41, 5.74) is 0. The first-order valence-electron chi connectivity index (χ1n) is 8.56. The zero-order valence-corrected chi connectivity index (χ0v) is 13.2. The third-order valence-corrected chi connectivity index (χ3v) is 5.00. The van der Waals surface area contributed by atoms with Gasteiger partial charge in [0.25, 0.3) is 0 Å². The summed E-state index contributed by atoms with van der Waals surface area (Å²) in [5, 5.41) is 7.67. The summed E-state index contributed by atoms with van der Waals surface area (Å²) in [6.45, 7) is 3.08. The molecule has 21 heavy (non-hydrogen) atoms. The van der Waals surface area contributed by atoms with Gasteiger partial charge in [0.15, 0.2) is 5.82 Å². The first-order valence-corrected chi connectivity index (χ1v) is 8.56. The van der Waals surface area contributed by atoms with E-state index >= 15 is 0 Å². The van der Waals surface area contributed by atoms with Crippen LogP contribution < -0.4 is 5.32 Å². The number of hydrogen-bond donors (Lipinski definition) is 1. The lowest BCUT2D eigenvalue weighted by atomic mass is 9.89. The molecule has 1 aliphatic carbocycles. The van der Waals surface area contributed by atoms with Gasteiger partial charge in [0.2, 0.25) is 5.89 Å². The number of hydrogen-bond acceptors (Lipinski definition) is 5. The highest BCUT2D eigenvalue weighted by molar-refractivity contribution is 4.95. The topological polar surface area (TPSA) is 54.2 Å². The quantitative estimate of drug-likeness (QED) is 0.924. The Hall–Kier alpha value is -0.940. The zero-order chi connectivity index (χ0) is 14.5. The predicted molar refractivity (Wildman–Crippen MR) is 82.1 cm³/mol. The lowest BCUT2D eigenvalue weighted by Crippen LogP contribution is -2.32. The van der Waals surface area contributed by atoms with E-state index in [-0.39, 0.29) is 0 Å². The standard InChI is InChI=1S/C16H28N4O/c1-20(14-8-5-10-17-11-9-14)12-15-18-16(21-19-15)13-6-3-2-4-7-13/h13-14,17H,2-12H2,1H3/t14-/m1/s1. The van der Waals surface area contributed by atoms with Crippen molar-refractivity contribution in [2.24, 2.45) is 0 Å². The molecule has 0 unspecified atom stereocenters. The highest BCUT2D eigenvalue weighted by Crippen LogP contribution is 2.31. The average molecular weight is 292 g/mol. The molecule has 1 saturated heterocycles. The van der Waals surface area contributed by atoms with Crippen LogP contribution in [0.15, 0.2) is 4.52 Å². The van der Waals surface area contributed by atoms with Crippen molar-refractivity contribution in [2.75, 3.05) is 20.1 Å². The van der Waals surface area contributed by atoms with Crippen molar-refractivity contribution < 1.29 is 4.52 Å². The Kier molecular flexibility index (Phi) is 5.25. The van der Waals surface area contributed by atoms with Crippen molar-refractivity contribution in [3.05, 3.63) is 11.7 Å². The summed E-state index contributed by atoms with van der Waals surface area (Å²) in [4.78, 5) is 7.05. The minimum Gasteiger partial charge on any atom is -0.339 e. The van der Waals surface area contributed by atoms with E-state index in [4.69, 9.17) is 4.52 Å². The molecular weight excluding hydrogens is 264 g/mol. The molecular formula is C16H28N4O. The smallest absolute Gasteiger partial charge is 0.229 e. The SMILES string of the molecule is CN(Cc1noc(C2CCCCC2)n1)[C@@H]1CCCNCC1. The summed E-state index contributed by atoms with van der Waals surface area (Å²) in [7, 11) is 2.19. The maximum atomic E-state index is 5.52. The maximum absolute atomic E-state index is 5.52. The Balaban J connectivity index is 1.55. The number of aromatic nitrogens is 2. The largest absolute Gasteiger partial charge is 0.339 e. The highest BCUT2D eigenvalue weighted by atomic mass is 16.5. The summed E-state index contributed by atoms with van der Waals surface area (Å²) in [5.74, 6) is 2.24. The van der Waals surface area contributed by atoms with Crippen LogP contribution in [-0.4, -0.2) is 41.2 Å². The minimum atomic E-state index is 0.507. The molecule has 0 bridgehead atoms. The van der Waals surface area contributed by atoms with Gasteiger partial charge in [-0.25, -0.2) is 0 Å². The van der Waals surface area contributed by atoms with Crippen molar-refractivity contribution in [3.63, 3.8) is 0 Å². The predicted octanol–water partition coefficient (Wildman–Crippen LogP) is 2.69. The molecule has 1 aromatic heterocycles. The molecule has 0 spiro atoms. The van der Waals surface area contributed by atoms with E-state index in [1.165, 1.54) is 51.4 Å². The van der Waals surface area contributed by atoms with Crippen LogP contribution in [0.2, 0.25) is 0 Å². The molecule has 1 N–H and O–H groups in total. The molecule has 0 amide bonds. The maximum Gasteiger partial charge on any atom is 0.229 e. The third kappa shape index (κ3) is 4.04. The first-order chi connectivity index (χ1) is 10.3. The Morgan fingerprint density at radius 3 is 2.81 bits per heavy atom. The van der Waals surface area contributed by atoms with Gasteiger partial charge in [-0.3, -0.25) is 4.90 Å². The van der Waals surface area contributed by atoms with Gasteiger partial charge in [0.05, 0.1) is 6.54 Å². The molecule has 3 rings (SSSR count). The Bertz CT molecular complexity index is 420. The van der Waals surface area contributed by atoms with Crippen LogP contribution in [0, 0.1) is 0 Å². The molecule has 2 aliphatic rings. The molecule has 118 valence electrons. The molecule has 2 fully saturated rings. The normalized spacial score (nSPS) is 25.1. The Morgan fingerprint density at radius 1 is 1.10 bits per heavy atom. The van der Waals surface area contributed by atoms with E-state index in [1.807, 2.05) is 0 Å². The van der Waals surface area contributed by atoms with Crippen LogP contribution in [0.4, 0.5) is 0 Å². The lowest BCUT2D eigenvalue weighted by Gasteiger charge is -2.25. The third-order valence-electron chi connectivity index (χ3n) is 5.00. The Morgan fingerprint density at radius 2 is 1.95 bits per heavy atom. The number of nitrogens with one attached hydrogen (secondary N) is 1. The highest BCUT2D eigenvalue weighted by Gasteiger charge is 2.23. The van der Waals surface area contributed by atoms with Crippen LogP contribution in [0.3, 0.4) is 0 Å². The summed E-state index contributed by atoms with van der Waals surface area (Å²) >= 11 is 0. The van der Waals surface area contributed by atoms with Crippen molar-refractivity contribution in [2.45, 2.75) is 69.9 Å². The van der Waals surface area contributed by atoms with Gasteiger partial charge < -0.3 is 9.84 Å². The van der Waals surface area contributed by atoms with E-state index in [0.717, 1.165) is 31.3 Å². The fourth-order valence-corrected chi connectivity index (χ4v) is 3.64. The number of nitrogens with zero attached hydrogens (tertiary/aromatic N) is 3. The Labute approximate surface area is 127 Å². The molecule has 2 heterocycles. The van der Waals surface area contributed by atoms with Crippen LogP contribution >= 0.6 is 0 Å². The van der Waals surface area contributed by atoms with Crippen molar-refractivity contribution in [3.8, 4) is 0 Å². The van der Waals surface area contributed by atoms with E-state index in [0.29, 0.717) is 12.0 Å². The van der Waals surface area contributed by atoms with Gasteiger partial charge in [-0.15, -0.1) is 0 Å². The van der Waals surface area contributed by atoms with Crippen molar-refractivity contribution in [1.82, 2.24) is 20.4 Å². The van der Waals surface area contributed by atoms with E-state index in [9.17, 15) is 0 Å². The van der Waals surface area contributed by atoms with Crippen LogP contribution in [0.5, 0.6) is 0 Å². The minimum absolute atomic E-state index is 0.507. The summed E-state index contributed by atoms with van der Waals surface area (Å²) in [6.07, 6.45) is 10.1. The second kappa shape index (κ2) is 7.36. The van der Waals surface area contributed by atoms with E-state index in [2.05, 4.69) is 27.4 Å².